The fourth-order valence-corrected chi connectivity index (χ4v) is 2.55. The van der Waals surface area contributed by atoms with E-state index in [0.717, 1.165) is 32.0 Å². The van der Waals surface area contributed by atoms with E-state index in [0.29, 0.717) is 6.10 Å². The predicted molar refractivity (Wildman–Crippen MR) is 50.4 cm³/mol. The lowest BCUT2D eigenvalue weighted by Crippen LogP contribution is -2.56. The first-order valence-corrected chi connectivity index (χ1v) is 5.52. The maximum absolute atomic E-state index is 6.19. The lowest BCUT2D eigenvalue weighted by Gasteiger charge is -2.39. The van der Waals surface area contributed by atoms with Crippen LogP contribution in [0.25, 0.3) is 0 Å². The molecule has 3 aliphatic rings. The Balaban J connectivity index is 1.68. The normalized spacial score (nSPS) is 45.7. The summed E-state index contributed by atoms with van der Waals surface area (Å²) in [6.07, 6.45) is 5.70. The van der Waals surface area contributed by atoms with Crippen LogP contribution in [-0.4, -0.2) is 31.5 Å². The summed E-state index contributed by atoms with van der Waals surface area (Å²) >= 11 is 0. The highest BCUT2D eigenvalue weighted by Crippen LogP contribution is 2.39. The van der Waals surface area contributed by atoms with Crippen molar-refractivity contribution in [3.05, 3.63) is 0 Å². The first-order valence-electron chi connectivity index (χ1n) is 5.52. The Bertz CT molecular complexity index is 197. The van der Waals surface area contributed by atoms with Crippen molar-refractivity contribution in [2.75, 3.05) is 19.6 Å². The van der Waals surface area contributed by atoms with Crippen molar-refractivity contribution in [2.45, 2.75) is 37.5 Å². The van der Waals surface area contributed by atoms with E-state index >= 15 is 0 Å². The van der Waals surface area contributed by atoms with E-state index in [2.05, 4.69) is 10.6 Å². The number of rotatable bonds is 1. The fourth-order valence-electron chi connectivity index (χ4n) is 2.55. The zero-order valence-corrected chi connectivity index (χ0v) is 8.01. The first kappa shape index (κ1) is 8.21. The average Bonchev–Trinajstić information content (AvgIpc) is 2.91. The summed E-state index contributed by atoms with van der Waals surface area (Å²) < 4.78 is 6.19. The zero-order valence-electron chi connectivity index (χ0n) is 8.01. The van der Waals surface area contributed by atoms with Crippen molar-refractivity contribution in [1.82, 2.24) is 10.6 Å². The Labute approximate surface area is 79.2 Å². The third-order valence-electron chi connectivity index (χ3n) is 3.52. The van der Waals surface area contributed by atoms with Crippen LogP contribution in [0.15, 0.2) is 0 Å². The molecule has 2 saturated heterocycles. The molecule has 2 unspecified atom stereocenters. The van der Waals surface area contributed by atoms with Crippen LogP contribution in [0.4, 0.5) is 0 Å². The van der Waals surface area contributed by atoms with Gasteiger partial charge in [-0.3, -0.25) is 5.32 Å². The Kier molecular flexibility index (Phi) is 1.86. The van der Waals surface area contributed by atoms with Crippen LogP contribution in [0, 0.1) is 5.92 Å². The highest BCUT2D eigenvalue weighted by atomic mass is 16.5. The molecule has 0 amide bonds. The van der Waals surface area contributed by atoms with Gasteiger partial charge in [0.05, 0.1) is 6.10 Å². The summed E-state index contributed by atoms with van der Waals surface area (Å²) in [7, 11) is 0. The molecule has 0 radical (unpaired) electrons. The quantitative estimate of drug-likeness (QED) is 0.618. The number of hydrogen-bond acceptors (Lipinski definition) is 3. The molecule has 74 valence electrons. The molecule has 3 fully saturated rings. The second kappa shape index (κ2) is 2.94. The van der Waals surface area contributed by atoms with Gasteiger partial charge < -0.3 is 10.1 Å². The Morgan fingerprint density at radius 1 is 1.15 bits per heavy atom. The molecule has 0 aromatic rings. The van der Waals surface area contributed by atoms with Crippen LogP contribution in [0.5, 0.6) is 0 Å². The fraction of sp³-hybridized carbons (Fsp3) is 1.00. The van der Waals surface area contributed by atoms with Crippen molar-refractivity contribution >= 4 is 0 Å². The summed E-state index contributed by atoms with van der Waals surface area (Å²) in [4.78, 5) is 0. The molecule has 1 aliphatic carbocycles. The van der Waals surface area contributed by atoms with Crippen molar-refractivity contribution < 1.29 is 4.74 Å². The second-order valence-electron chi connectivity index (χ2n) is 4.63. The first-order chi connectivity index (χ1) is 6.38. The molecule has 3 rings (SSSR count). The molecule has 0 aromatic heterocycles. The van der Waals surface area contributed by atoms with Crippen LogP contribution < -0.4 is 10.6 Å². The van der Waals surface area contributed by atoms with Gasteiger partial charge in [0.2, 0.25) is 0 Å². The molecule has 1 saturated carbocycles. The molecule has 2 atom stereocenters. The van der Waals surface area contributed by atoms with Crippen LogP contribution in [-0.2, 0) is 4.74 Å². The molecule has 0 aromatic carbocycles. The van der Waals surface area contributed by atoms with E-state index in [1.807, 2.05) is 0 Å². The summed E-state index contributed by atoms with van der Waals surface area (Å²) in [5.41, 5.74) is 0.00546. The van der Waals surface area contributed by atoms with E-state index in [1.165, 1.54) is 19.3 Å². The van der Waals surface area contributed by atoms with Crippen molar-refractivity contribution in [3.8, 4) is 0 Å². The van der Waals surface area contributed by atoms with Gasteiger partial charge in [-0.25, -0.2) is 0 Å². The molecule has 1 spiro atoms. The van der Waals surface area contributed by atoms with Crippen molar-refractivity contribution in [1.29, 1.82) is 0 Å². The minimum atomic E-state index is 0.00546. The minimum absolute atomic E-state index is 0.00546. The monoisotopic (exact) mass is 182 g/mol. The standard InChI is InChI=1S/C10H18N2O/c1-2-8(1)9-3-5-12-10(13-9)4-6-11-7-10/h8-9,11-12H,1-7H2. The summed E-state index contributed by atoms with van der Waals surface area (Å²) in [6.45, 7) is 3.24. The Morgan fingerprint density at radius 3 is 2.77 bits per heavy atom. The third kappa shape index (κ3) is 1.49. The molecule has 2 heterocycles. The smallest absolute Gasteiger partial charge is 0.133 e. The SMILES string of the molecule is C1CC2(CN1)NCCC(C1CC1)O2. The van der Waals surface area contributed by atoms with Gasteiger partial charge in [0.15, 0.2) is 0 Å². The molecule has 3 heteroatoms. The van der Waals surface area contributed by atoms with Crippen molar-refractivity contribution in [2.24, 2.45) is 5.92 Å². The van der Waals surface area contributed by atoms with E-state index in [-0.39, 0.29) is 5.72 Å². The predicted octanol–water partition coefficient (Wildman–Crippen LogP) is 0.464. The number of nitrogens with one attached hydrogen (secondary N) is 2. The van der Waals surface area contributed by atoms with E-state index < -0.39 is 0 Å². The van der Waals surface area contributed by atoms with Gasteiger partial charge in [-0.05, 0) is 31.7 Å². The van der Waals surface area contributed by atoms with Gasteiger partial charge in [-0.15, -0.1) is 0 Å². The van der Waals surface area contributed by atoms with Crippen LogP contribution in [0.3, 0.4) is 0 Å². The van der Waals surface area contributed by atoms with E-state index in [4.69, 9.17) is 4.74 Å². The second-order valence-corrected chi connectivity index (χ2v) is 4.63. The average molecular weight is 182 g/mol. The molecule has 2 aliphatic heterocycles. The minimum Gasteiger partial charge on any atom is -0.356 e. The van der Waals surface area contributed by atoms with Crippen LogP contribution in [0.2, 0.25) is 0 Å². The van der Waals surface area contributed by atoms with E-state index in [9.17, 15) is 0 Å². The molecule has 0 bridgehead atoms. The molecule has 3 nitrogen and oxygen atoms in total. The van der Waals surface area contributed by atoms with Gasteiger partial charge in [0.1, 0.15) is 5.72 Å². The largest absolute Gasteiger partial charge is 0.356 e. The molecule has 13 heavy (non-hydrogen) atoms. The summed E-state index contributed by atoms with van der Waals surface area (Å²) in [5, 5.41) is 6.90. The lowest BCUT2D eigenvalue weighted by molar-refractivity contribution is -0.137. The van der Waals surface area contributed by atoms with Gasteiger partial charge in [0, 0.05) is 19.5 Å². The van der Waals surface area contributed by atoms with Gasteiger partial charge in [0.25, 0.3) is 0 Å². The Morgan fingerprint density at radius 2 is 2.08 bits per heavy atom. The topological polar surface area (TPSA) is 33.3 Å². The number of hydrogen-bond donors (Lipinski definition) is 2. The molecule has 2 N–H and O–H groups in total. The third-order valence-corrected chi connectivity index (χ3v) is 3.52. The van der Waals surface area contributed by atoms with Crippen LogP contribution >= 0.6 is 0 Å². The summed E-state index contributed by atoms with van der Waals surface area (Å²) in [5.74, 6) is 0.888. The van der Waals surface area contributed by atoms with Gasteiger partial charge in [-0.2, -0.15) is 0 Å². The van der Waals surface area contributed by atoms with E-state index in [1.54, 1.807) is 0 Å². The maximum atomic E-state index is 6.19. The van der Waals surface area contributed by atoms with Gasteiger partial charge in [-0.1, -0.05) is 0 Å². The maximum Gasteiger partial charge on any atom is 0.133 e. The lowest BCUT2D eigenvalue weighted by atomic mass is 10.1. The van der Waals surface area contributed by atoms with Crippen molar-refractivity contribution in [3.63, 3.8) is 0 Å². The summed E-state index contributed by atoms with van der Waals surface area (Å²) in [6, 6.07) is 0. The highest BCUT2D eigenvalue weighted by molar-refractivity contribution is 4.95. The zero-order chi connectivity index (χ0) is 8.73. The molecular weight excluding hydrogens is 164 g/mol. The highest BCUT2D eigenvalue weighted by Gasteiger charge is 2.44. The number of ether oxygens (including phenoxy) is 1. The molecular formula is C10H18N2O. The Hall–Kier alpha value is -0.120. The van der Waals surface area contributed by atoms with Crippen LogP contribution in [0.1, 0.15) is 25.7 Å². The van der Waals surface area contributed by atoms with Gasteiger partial charge >= 0.3 is 0 Å².